The monoisotopic (exact) mass is 527 g/mol. The van der Waals surface area contributed by atoms with Crippen molar-refractivity contribution in [2.45, 2.75) is 38.0 Å². The van der Waals surface area contributed by atoms with E-state index in [1.165, 1.54) is 0 Å². The molecule has 0 fully saturated rings. The molecule has 3 aromatic carbocycles. The van der Waals surface area contributed by atoms with Crippen LogP contribution in [-0.2, 0) is 20.7 Å². The highest BCUT2D eigenvalue weighted by atomic mass is 35.5. The van der Waals surface area contributed by atoms with E-state index < -0.39 is 11.9 Å². The number of esters is 1. The molecule has 2 aliphatic rings. The average molecular weight is 528 g/mol. The molecule has 0 bridgehead atoms. The van der Waals surface area contributed by atoms with Crippen molar-refractivity contribution in [2.75, 3.05) is 13.7 Å². The zero-order valence-corrected chi connectivity index (χ0v) is 22.3. The second kappa shape index (κ2) is 11.3. The quantitative estimate of drug-likeness (QED) is 0.355. The SMILES string of the molecule is COc1ccc([C@@H]2CC(=O)C3=C(C2)NC(C)=C(C(=O)OCCc2ccccc2)[C@H]3c2ccccc2Cl)cc1. The highest BCUT2D eigenvalue weighted by molar-refractivity contribution is 6.31. The first kappa shape index (κ1) is 25.8. The van der Waals surface area contributed by atoms with Gasteiger partial charge in [0.25, 0.3) is 0 Å². The fourth-order valence-corrected chi connectivity index (χ4v) is 5.67. The van der Waals surface area contributed by atoms with E-state index in [-0.39, 0.29) is 18.3 Å². The Morgan fingerprint density at radius 2 is 1.68 bits per heavy atom. The summed E-state index contributed by atoms with van der Waals surface area (Å²) in [5.74, 6) is -0.217. The number of hydrogen-bond donors (Lipinski definition) is 1. The first-order chi connectivity index (χ1) is 18.5. The number of allylic oxidation sites excluding steroid dienone is 3. The van der Waals surface area contributed by atoms with E-state index in [0.29, 0.717) is 41.1 Å². The zero-order chi connectivity index (χ0) is 26.6. The molecule has 0 radical (unpaired) electrons. The standard InChI is InChI=1S/C32H30ClNO4/c1-20-29(32(36)38-17-16-21-8-4-3-5-9-21)30(25-10-6-7-11-26(25)33)31-27(34-20)18-23(19-28(31)35)22-12-14-24(37-2)15-13-22/h3-15,23,30,34H,16-19H2,1-2H3/t23-,30+/m0/s1. The van der Waals surface area contributed by atoms with Gasteiger partial charge in [0.2, 0.25) is 0 Å². The van der Waals surface area contributed by atoms with Crippen molar-refractivity contribution in [1.29, 1.82) is 0 Å². The molecular formula is C32H30ClNO4. The molecule has 1 aliphatic heterocycles. The number of rotatable bonds is 7. The highest BCUT2D eigenvalue weighted by Crippen LogP contribution is 2.47. The molecule has 38 heavy (non-hydrogen) atoms. The van der Waals surface area contributed by atoms with E-state index in [9.17, 15) is 9.59 Å². The number of nitrogens with one attached hydrogen (secondary N) is 1. The van der Waals surface area contributed by atoms with Crippen molar-refractivity contribution in [3.05, 3.63) is 123 Å². The highest BCUT2D eigenvalue weighted by Gasteiger charge is 2.42. The molecule has 6 heteroatoms. The Bertz CT molecular complexity index is 1410. The van der Waals surface area contributed by atoms with Gasteiger partial charge in [0, 0.05) is 40.7 Å². The molecule has 5 nitrogen and oxygen atoms in total. The molecule has 0 saturated heterocycles. The van der Waals surface area contributed by atoms with Gasteiger partial charge < -0.3 is 14.8 Å². The van der Waals surface area contributed by atoms with Crippen molar-refractivity contribution >= 4 is 23.4 Å². The maximum Gasteiger partial charge on any atom is 0.336 e. The second-order valence-electron chi connectivity index (χ2n) is 9.68. The Morgan fingerprint density at radius 3 is 2.39 bits per heavy atom. The molecule has 1 heterocycles. The maximum absolute atomic E-state index is 13.8. The number of ketones is 1. The van der Waals surface area contributed by atoms with Crippen LogP contribution in [0.15, 0.2) is 101 Å². The Balaban J connectivity index is 1.46. The third-order valence-corrected chi connectivity index (χ3v) is 7.66. The predicted molar refractivity (Wildman–Crippen MR) is 148 cm³/mol. The van der Waals surface area contributed by atoms with E-state index >= 15 is 0 Å². The van der Waals surface area contributed by atoms with Crippen LogP contribution in [0.3, 0.4) is 0 Å². The summed E-state index contributed by atoms with van der Waals surface area (Å²) < 4.78 is 11.0. The van der Waals surface area contributed by atoms with E-state index in [1.807, 2.05) is 79.7 Å². The summed E-state index contributed by atoms with van der Waals surface area (Å²) in [5.41, 5.74) is 5.45. The molecule has 0 saturated carbocycles. The van der Waals surface area contributed by atoms with Crippen LogP contribution in [0.2, 0.25) is 5.02 Å². The predicted octanol–water partition coefficient (Wildman–Crippen LogP) is 6.50. The van der Waals surface area contributed by atoms with Gasteiger partial charge in [-0.05, 0) is 54.2 Å². The number of carbonyl (C=O) groups is 2. The molecule has 1 aliphatic carbocycles. The summed E-state index contributed by atoms with van der Waals surface area (Å²) >= 11 is 6.65. The van der Waals surface area contributed by atoms with Crippen LogP contribution in [0.4, 0.5) is 0 Å². The average Bonchev–Trinajstić information content (AvgIpc) is 2.93. The summed E-state index contributed by atoms with van der Waals surface area (Å²) in [5, 5.41) is 3.91. The largest absolute Gasteiger partial charge is 0.497 e. The first-order valence-electron chi connectivity index (χ1n) is 12.8. The van der Waals surface area contributed by atoms with Crippen LogP contribution >= 0.6 is 11.6 Å². The lowest BCUT2D eigenvalue weighted by Gasteiger charge is -2.37. The summed E-state index contributed by atoms with van der Waals surface area (Å²) in [6.07, 6.45) is 1.62. The van der Waals surface area contributed by atoms with Crippen LogP contribution in [0, 0.1) is 0 Å². The van der Waals surface area contributed by atoms with Crippen molar-refractivity contribution in [3.63, 3.8) is 0 Å². The topological polar surface area (TPSA) is 64.6 Å². The molecule has 0 aromatic heterocycles. The van der Waals surface area contributed by atoms with Gasteiger partial charge in [-0.1, -0.05) is 72.3 Å². The number of ether oxygens (including phenoxy) is 2. The molecular weight excluding hydrogens is 498 g/mol. The lowest BCUT2D eigenvalue weighted by Crippen LogP contribution is -2.36. The van der Waals surface area contributed by atoms with Gasteiger partial charge in [0.15, 0.2) is 5.78 Å². The lowest BCUT2D eigenvalue weighted by atomic mass is 9.71. The van der Waals surface area contributed by atoms with Gasteiger partial charge in [-0.15, -0.1) is 0 Å². The van der Waals surface area contributed by atoms with Gasteiger partial charge in [-0.2, -0.15) is 0 Å². The summed E-state index contributed by atoms with van der Waals surface area (Å²) in [6, 6.07) is 25.1. The Labute approximate surface area is 228 Å². The Hall–Kier alpha value is -3.83. The molecule has 3 aromatic rings. The summed E-state index contributed by atoms with van der Waals surface area (Å²) in [7, 11) is 1.64. The van der Waals surface area contributed by atoms with Gasteiger partial charge in [0.05, 0.1) is 19.3 Å². The van der Waals surface area contributed by atoms with Crippen LogP contribution < -0.4 is 10.1 Å². The third kappa shape index (κ3) is 5.25. The molecule has 0 spiro atoms. The number of benzene rings is 3. The normalized spacial score (nSPS) is 19.1. The van der Waals surface area contributed by atoms with Crippen LogP contribution in [0.1, 0.15) is 48.3 Å². The minimum atomic E-state index is -0.589. The first-order valence-corrected chi connectivity index (χ1v) is 13.2. The summed E-state index contributed by atoms with van der Waals surface area (Å²) in [6.45, 7) is 2.11. The van der Waals surface area contributed by atoms with Crippen molar-refractivity contribution in [2.24, 2.45) is 0 Å². The number of methoxy groups -OCH3 is 1. The third-order valence-electron chi connectivity index (χ3n) is 7.32. The Morgan fingerprint density at radius 1 is 0.974 bits per heavy atom. The van der Waals surface area contributed by atoms with Gasteiger partial charge in [0.1, 0.15) is 5.75 Å². The van der Waals surface area contributed by atoms with E-state index in [1.54, 1.807) is 13.2 Å². The number of Topliss-reactive ketones (excluding diaryl/α,β-unsaturated/α-hetero) is 1. The van der Waals surface area contributed by atoms with Gasteiger partial charge in [-0.25, -0.2) is 4.79 Å². The maximum atomic E-state index is 13.8. The molecule has 1 N–H and O–H groups in total. The number of halogens is 1. The lowest BCUT2D eigenvalue weighted by molar-refractivity contribution is -0.139. The van der Waals surface area contributed by atoms with Crippen molar-refractivity contribution < 1.29 is 19.1 Å². The number of hydrogen-bond acceptors (Lipinski definition) is 5. The molecule has 0 amide bonds. The number of dihydropyridines is 1. The molecule has 0 unspecified atom stereocenters. The number of carbonyl (C=O) groups excluding carboxylic acids is 2. The van der Waals surface area contributed by atoms with Crippen molar-refractivity contribution in [1.82, 2.24) is 5.32 Å². The van der Waals surface area contributed by atoms with Crippen LogP contribution in [0.5, 0.6) is 5.75 Å². The minimum absolute atomic E-state index is 0.00609. The van der Waals surface area contributed by atoms with Crippen LogP contribution in [0.25, 0.3) is 0 Å². The fourth-order valence-electron chi connectivity index (χ4n) is 5.43. The summed E-state index contributed by atoms with van der Waals surface area (Å²) in [4.78, 5) is 27.3. The minimum Gasteiger partial charge on any atom is -0.497 e. The fraction of sp³-hybridized carbons (Fsp3) is 0.250. The molecule has 2 atom stereocenters. The zero-order valence-electron chi connectivity index (χ0n) is 21.5. The van der Waals surface area contributed by atoms with Gasteiger partial charge >= 0.3 is 5.97 Å². The molecule has 5 rings (SSSR count). The van der Waals surface area contributed by atoms with E-state index in [4.69, 9.17) is 21.1 Å². The van der Waals surface area contributed by atoms with Crippen LogP contribution in [-0.4, -0.2) is 25.5 Å². The second-order valence-corrected chi connectivity index (χ2v) is 10.1. The smallest absolute Gasteiger partial charge is 0.336 e. The van der Waals surface area contributed by atoms with E-state index in [2.05, 4.69) is 5.32 Å². The van der Waals surface area contributed by atoms with Gasteiger partial charge in [-0.3, -0.25) is 4.79 Å². The Kier molecular flexibility index (Phi) is 7.66. The molecule has 194 valence electrons. The van der Waals surface area contributed by atoms with Crippen molar-refractivity contribution in [3.8, 4) is 5.75 Å². The van der Waals surface area contributed by atoms with E-state index in [0.717, 1.165) is 28.1 Å².